The molecule has 1 fully saturated rings. The maximum Gasteiger partial charge on any atom is 0.306 e. The minimum absolute atomic E-state index is 0.122. The Hall–Kier alpha value is -2.61. The number of benzene rings is 1. The smallest absolute Gasteiger partial charge is 0.306 e. The predicted molar refractivity (Wildman–Crippen MR) is 71.5 cm³/mol. The Morgan fingerprint density at radius 1 is 1.23 bits per heavy atom. The number of aromatic hydroxyl groups is 2. The lowest BCUT2D eigenvalue weighted by molar-refractivity contribution is -0.387. The topological polar surface area (TPSA) is 97.8 Å². The summed E-state index contributed by atoms with van der Waals surface area (Å²) in [5.74, 6) is -1.42. The van der Waals surface area contributed by atoms with Gasteiger partial charge in [-0.05, 0) is 25.0 Å². The second kappa shape index (κ2) is 4.20. The van der Waals surface area contributed by atoms with Gasteiger partial charge in [0.1, 0.15) is 0 Å². The summed E-state index contributed by atoms with van der Waals surface area (Å²) in [7, 11) is 0. The van der Waals surface area contributed by atoms with E-state index in [0.717, 1.165) is 29.5 Å². The number of hydrogen-bond donors (Lipinski definition) is 2. The average Bonchev–Trinajstić information content (AvgIpc) is 3.14. The summed E-state index contributed by atoms with van der Waals surface area (Å²) < 4.78 is 20.1. The monoisotopic (exact) mass is 306 g/mol. The Kier molecular flexibility index (Phi) is 2.50. The minimum Gasteiger partial charge on any atom is -0.494 e. The van der Waals surface area contributed by atoms with E-state index >= 15 is 0 Å². The van der Waals surface area contributed by atoms with E-state index < -0.39 is 16.4 Å². The number of fused-ring (bicyclic) bond motifs is 5. The molecule has 8 heteroatoms. The molecule has 3 heterocycles. The van der Waals surface area contributed by atoms with Crippen LogP contribution in [0.2, 0.25) is 0 Å². The molecule has 2 bridgehead atoms. The summed E-state index contributed by atoms with van der Waals surface area (Å²) in [6.07, 6.45) is 0.946. The zero-order valence-corrected chi connectivity index (χ0v) is 11.2. The zero-order chi connectivity index (χ0) is 15.6. The summed E-state index contributed by atoms with van der Waals surface area (Å²) in [6.45, 7) is 0. The molecule has 0 aliphatic carbocycles. The van der Waals surface area contributed by atoms with Crippen LogP contribution in [0.1, 0.15) is 36.2 Å². The molecule has 0 amide bonds. The number of nitrogens with zero attached hydrogens (tertiary/aromatic N) is 2. The van der Waals surface area contributed by atoms with E-state index in [0.29, 0.717) is 11.1 Å². The summed E-state index contributed by atoms with van der Waals surface area (Å²) in [6, 6.07) is 3.18. The van der Waals surface area contributed by atoms with Gasteiger partial charge in [-0.15, -0.1) is 0 Å². The molecule has 2 N–H and O–H groups in total. The first-order valence-corrected chi connectivity index (χ1v) is 6.75. The predicted octanol–water partition coefficient (Wildman–Crippen LogP) is 2.84. The molecule has 2 aliphatic heterocycles. The molecule has 7 nitrogen and oxygen atoms in total. The van der Waals surface area contributed by atoms with Gasteiger partial charge < -0.3 is 14.9 Å². The van der Waals surface area contributed by atoms with Crippen molar-refractivity contribution in [1.29, 1.82) is 0 Å². The Labute approximate surface area is 123 Å². The van der Waals surface area contributed by atoms with Gasteiger partial charge in [0.05, 0.1) is 33.9 Å². The molecular weight excluding hydrogens is 295 g/mol. The van der Waals surface area contributed by atoms with Crippen molar-refractivity contribution in [2.45, 2.75) is 25.0 Å². The maximum absolute atomic E-state index is 13.4. The number of rotatable bonds is 2. The van der Waals surface area contributed by atoms with Gasteiger partial charge >= 0.3 is 5.69 Å². The van der Waals surface area contributed by atoms with Crippen LogP contribution in [0.5, 0.6) is 11.8 Å². The van der Waals surface area contributed by atoms with E-state index in [1.165, 1.54) is 6.07 Å². The second-order valence-electron chi connectivity index (χ2n) is 5.39. The van der Waals surface area contributed by atoms with Crippen molar-refractivity contribution in [3.8, 4) is 17.4 Å². The van der Waals surface area contributed by atoms with Gasteiger partial charge in [0.2, 0.25) is 17.6 Å². The van der Waals surface area contributed by atoms with Crippen LogP contribution in [-0.2, 0) is 4.74 Å². The molecule has 1 aromatic carbocycles. The summed E-state index contributed by atoms with van der Waals surface area (Å²) in [5, 5.41) is 31.6. The number of hydrogen-bond acceptors (Lipinski definition) is 5. The SMILES string of the molecule is O=[N+]([O-])c1cc(-n2c(O)c3c(c2O)[C@H]2CC[C@@H]3O2)ccc1F. The molecule has 1 aromatic heterocycles. The van der Waals surface area contributed by atoms with Gasteiger partial charge in [-0.3, -0.25) is 14.7 Å². The molecule has 0 radical (unpaired) electrons. The highest BCUT2D eigenvalue weighted by Gasteiger charge is 2.45. The van der Waals surface area contributed by atoms with Crippen LogP contribution in [0.25, 0.3) is 5.69 Å². The number of nitro benzene ring substituents is 1. The van der Waals surface area contributed by atoms with Crippen molar-refractivity contribution < 1.29 is 24.3 Å². The Bertz CT molecular complexity index is 783. The lowest BCUT2D eigenvalue weighted by atomic mass is 9.95. The Balaban J connectivity index is 1.92. The molecule has 0 spiro atoms. The fourth-order valence-corrected chi connectivity index (χ4v) is 3.30. The number of ether oxygens (including phenoxy) is 1. The van der Waals surface area contributed by atoms with Crippen molar-refractivity contribution in [3.05, 3.63) is 45.3 Å². The molecule has 1 saturated heterocycles. The largest absolute Gasteiger partial charge is 0.494 e. The molecule has 4 rings (SSSR count). The summed E-state index contributed by atoms with van der Waals surface area (Å²) >= 11 is 0. The quantitative estimate of drug-likeness (QED) is 0.656. The fourth-order valence-electron chi connectivity index (χ4n) is 3.30. The van der Waals surface area contributed by atoms with Gasteiger partial charge in [-0.1, -0.05) is 0 Å². The zero-order valence-electron chi connectivity index (χ0n) is 11.2. The number of halogens is 1. The van der Waals surface area contributed by atoms with Gasteiger partial charge in [0.25, 0.3) is 0 Å². The summed E-state index contributed by atoms with van der Waals surface area (Å²) in [4.78, 5) is 9.99. The van der Waals surface area contributed by atoms with Gasteiger partial charge in [0.15, 0.2) is 0 Å². The third-order valence-corrected chi connectivity index (χ3v) is 4.24. The van der Waals surface area contributed by atoms with E-state index in [1.54, 1.807) is 0 Å². The van der Waals surface area contributed by atoms with Crippen LogP contribution < -0.4 is 0 Å². The van der Waals surface area contributed by atoms with E-state index in [2.05, 4.69) is 0 Å². The Morgan fingerprint density at radius 3 is 2.36 bits per heavy atom. The first kappa shape index (κ1) is 13.1. The lowest BCUT2D eigenvalue weighted by Gasteiger charge is -2.10. The second-order valence-corrected chi connectivity index (χ2v) is 5.39. The lowest BCUT2D eigenvalue weighted by Crippen LogP contribution is -1.99. The highest BCUT2D eigenvalue weighted by atomic mass is 19.1. The van der Waals surface area contributed by atoms with E-state index in [-0.39, 0.29) is 29.7 Å². The minimum atomic E-state index is -0.976. The molecule has 2 aliphatic rings. The van der Waals surface area contributed by atoms with E-state index in [9.17, 15) is 24.7 Å². The van der Waals surface area contributed by atoms with Crippen LogP contribution >= 0.6 is 0 Å². The molecule has 0 unspecified atom stereocenters. The first-order chi connectivity index (χ1) is 10.5. The molecule has 114 valence electrons. The van der Waals surface area contributed by atoms with Crippen molar-refractivity contribution in [1.82, 2.24) is 4.57 Å². The average molecular weight is 306 g/mol. The molecule has 2 atom stereocenters. The first-order valence-electron chi connectivity index (χ1n) is 6.75. The highest BCUT2D eigenvalue weighted by molar-refractivity contribution is 5.58. The van der Waals surface area contributed by atoms with Gasteiger partial charge in [0, 0.05) is 6.07 Å². The van der Waals surface area contributed by atoms with E-state index in [4.69, 9.17) is 4.74 Å². The maximum atomic E-state index is 13.4. The van der Waals surface area contributed by atoms with Crippen molar-refractivity contribution in [2.24, 2.45) is 0 Å². The summed E-state index contributed by atoms with van der Waals surface area (Å²) in [5.41, 5.74) is 0.433. The van der Waals surface area contributed by atoms with Crippen LogP contribution in [0.15, 0.2) is 18.2 Å². The van der Waals surface area contributed by atoms with Crippen molar-refractivity contribution in [3.63, 3.8) is 0 Å². The molecular formula is C14H11FN2O5. The number of nitro groups is 1. The Morgan fingerprint density at radius 2 is 1.82 bits per heavy atom. The van der Waals surface area contributed by atoms with Crippen LogP contribution in [0.3, 0.4) is 0 Å². The fraction of sp³-hybridized carbons (Fsp3) is 0.286. The van der Waals surface area contributed by atoms with Crippen LogP contribution in [0, 0.1) is 15.9 Å². The number of aromatic nitrogens is 1. The van der Waals surface area contributed by atoms with Crippen molar-refractivity contribution in [2.75, 3.05) is 0 Å². The third-order valence-electron chi connectivity index (χ3n) is 4.24. The normalized spacial score (nSPS) is 22.0. The molecule has 0 saturated carbocycles. The van der Waals surface area contributed by atoms with Crippen LogP contribution in [-0.4, -0.2) is 19.7 Å². The third kappa shape index (κ3) is 1.52. The van der Waals surface area contributed by atoms with Gasteiger partial charge in [-0.2, -0.15) is 4.39 Å². The molecule has 2 aromatic rings. The van der Waals surface area contributed by atoms with Crippen LogP contribution in [0.4, 0.5) is 10.1 Å². The van der Waals surface area contributed by atoms with E-state index in [1.807, 2.05) is 0 Å². The standard InChI is InChI=1S/C14H11FN2O5/c15-7-2-1-6(5-8(7)17(20)21)16-13(18)11-9-3-4-10(22-9)12(11)14(16)19/h1-2,5,9-10,18-19H,3-4H2/t9-,10+. The van der Waals surface area contributed by atoms with Crippen molar-refractivity contribution >= 4 is 5.69 Å². The highest BCUT2D eigenvalue weighted by Crippen LogP contribution is 2.58. The molecule has 22 heavy (non-hydrogen) atoms. The van der Waals surface area contributed by atoms with Gasteiger partial charge in [-0.25, -0.2) is 0 Å².